The highest BCUT2D eigenvalue weighted by Gasteiger charge is 2.36. The molecule has 1 fully saturated rings. The Morgan fingerprint density at radius 2 is 2.11 bits per heavy atom. The lowest BCUT2D eigenvalue weighted by Gasteiger charge is -2.09. The van der Waals surface area contributed by atoms with Crippen molar-refractivity contribution in [2.24, 2.45) is 5.16 Å². The van der Waals surface area contributed by atoms with E-state index in [1.165, 1.54) is 31.2 Å². The van der Waals surface area contributed by atoms with E-state index in [-0.39, 0.29) is 27.6 Å². The molecule has 1 aromatic carbocycles. The quantitative estimate of drug-likeness (QED) is 0.491. The van der Waals surface area contributed by atoms with E-state index in [2.05, 4.69) is 15.5 Å². The largest absolute Gasteiger partial charge is 0.392 e. The molecule has 1 atom stereocenters. The first kappa shape index (κ1) is 20.4. The average Bonchev–Trinajstić information content (AvgIpc) is 3.43. The number of carbonyl (C=O) groups excluding carboxylic acids is 1. The lowest BCUT2D eigenvalue weighted by molar-refractivity contribution is -0.110. The average molecular weight is 427 g/mol. The van der Waals surface area contributed by atoms with E-state index in [9.17, 15) is 22.7 Å². The maximum Gasteiger partial charge on any atom is 0.280 e. The van der Waals surface area contributed by atoms with Crippen molar-refractivity contribution in [1.29, 1.82) is 0 Å². The highest BCUT2D eigenvalue weighted by Crippen LogP contribution is 2.33. The molecule has 0 bridgehead atoms. The van der Waals surface area contributed by atoms with E-state index in [0.29, 0.717) is 29.7 Å². The summed E-state index contributed by atoms with van der Waals surface area (Å²) in [5.74, 6) is -0.710. The third kappa shape index (κ3) is 4.91. The zero-order chi connectivity index (χ0) is 20.3. The first-order chi connectivity index (χ1) is 13.3. The van der Waals surface area contributed by atoms with Gasteiger partial charge in [-0.2, -0.15) is 4.39 Å². The number of aliphatic hydroxyl groups excluding tert-OH is 1. The molecule has 1 amide bonds. The van der Waals surface area contributed by atoms with Crippen LogP contribution in [0.4, 0.5) is 9.52 Å². The fourth-order valence-electron chi connectivity index (χ4n) is 2.28. The molecule has 0 aliphatic heterocycles. The number of hydrogen-bond donors (Lipinski definition) is 2. The lowest BCUT2D eigenvalue weighted by atomic mass is 10.1. The van der Waals surface area contributed by atoms with Gasteiger partial charge in [0.05, 0.1) is 22.4 Å². The summed E-state index contributed by atoms with van der Waals surface area (Å²) in [6.07, 6.45) is 1.47. The van der Waals surface area contributed by atoms with Crippen LogP contribution in [-0.4, -0.2) is 48.1 Å². The van der Waals surface area contributed by atoms with Crippen LogP contribution >= 0.6 is 11.3 Å². The molecule has 8 nitrogen and oxygen atoms in total. The summed E-state index contributed by atoms with van der Waals surface area (Å²) in [4.78, 5) is 21.4. The van der Waals surface area contributed by atoms with Crippen LogP contribution < -0.4 is 5.32 Å². The first-order valence-corrected chi connectivity index (χ1v) is 10.8. The zero-order valence-corrected chi connectivity index (χ0v) is 16.5. The molecule has 0 saturated heterocycles. The summed E-state index contributed by atoms with van der Waals surface area (Å²) in [5, 5.41) is 14.6. The van der Waals surface area contributed by atoms with Gasteiger partial charge in [-0.05, 0) is 31.9 Å². The van der Waals surface area contributed by atoms with Gasteiger partial charge >= 0.3 is 0 Å². The molecular weight excluding hydrogens is 409 g/mol. The molecule has 3 rings (SSSR count). The summed E-state index contributed by atoms with van der Waals surface area (Å²) < 4.78 is 37.7. The summed E-state index contributed by atoms with van der Waals surface area (Å²) in [5.41, 5.74) is 0.140. The van der Waals surface area contributed by atoms with Crippen LogP contribution in [-0.2, 0) is 19.5 Å². The molecule has 0 radical (unpaired) electrons. The van der Waals surface area contributed by atoms with Gasteiger partial charge in [0.1, 0.15) is 6.61 Å². The topological polar surface area (TPSA) is 118 Å². The maximum atomic E-state index is 13.1. The van der Waals surface area contributed by atoms with Gasteiger partial charge in [-0.3, -0.25) is 10.1 Å². The van der Waals surface area contributed by atoms with Crippen LogP contribution in [0.1, 0.15) is 25.3 Å². The Hall–Kier alpha value is -2.37. The highest BCUT2D eigenvalue weighted by molar-refractivity contribution is 7.92. The number of carbonyl (C=O) groups is 1. The number of aromatic nitrogens is 1. The molecule has 0 spiro atoms. The van der Waals surface area contributed by atoms with Gasteiger partial charge in [0.15, 0.2) is 25.8 Å². The molecule has 28 heavy (non-hydrogen) atoms. The number of anilines is 1. The van der Waals surface area contributed by atoms with Crippen LogP contribution in [0.3, 0.4) is 0 Å². The van der Waals surface area contributed by atoms with E-state index in [4.69, 9.17) is 4.84 Å². The number of sulfone groups is 1. The van der Waals surface area contributed by atoms with Crippen LogP contribution in [0, 0.1) is 5.13 Å². The van der Waals surface area contributed by atoms with Crippen molar-refractivity contribution in [1.82, 2.24) is 4.98 Å². The number of halogens is 1. The second-order valence-electron chi connectivity index (χ2n) is 6.28. The second-order valence-corrected chi connectivity index (χ2v) is 9.49. The predicted octanol–water partition coefficient (Wildman–Crippen LogP) is 1.96. The lowest BCUT2D eigenvalue weighted by Crippen LogP contribution is -2.25. The van der Waals surface area contributed by atoms with Gasteiger partial charge in [0, 0.05) is 5.56 Å². The van der Waals surface area contributed by atoms with Gasteiger partial charge in [-0.1, -0.05) is 28.6 Å². The number of oxime groups is 1. The number of rotatable bonds is 8. The Morgan fingerprint density at radius 1 is 1.43 bits per heavy atom. The Morgan fingerprint density at radius 3 is 2.64 bits per heavy atom. The normalized spacial score (nSPS) is 15.9. The van der Waals surface area contributed by atoms with Gasteiger partial charge in [0.2, 0.25) is 0 Å². The van der Waals surface area contributed by atoms with E-state index >= 15 is 0 Å². The van der Waals surface area contributed by atoms with Crippen LogP contribution in [0.5, 0.6) is 0 Å². The molecule has 1 aliphatic rings. The standard InChI is InChI=1S/C17H18FN3O5S2/c1-10(22)9-26-21-15(16(23)20-17-19-8-14(18)27-17)11-2-4-12(5-3-11)28(24,25)13-6-7-13/h2-5,8,10,13,22H,6-7,9H2,1H3,(H,19,20,23)/b21-15+/t10-/m1/s1. The molecule has 0 unspecified atom stereocenters. The summed E-state index contributed by atoms with van der Waals surface area (Å²) in [7, 11) is -3.36. The van der Waals surface area contributed by atoms with Crippen molar-refractivity contribution in [2.75, 3.05) is 11.9 Å². The summed E-state index contributed by atoms with van der Waals surface area (Å²) in [6, 6.07) is 5.71. The van der Waals surface area contributed by atoms with Gasteiger partial charge in [-0.15, -0.1) is 0 Å². The van der Waals surface area contributed by atoms with Gasteiger partial charge in [0.25, 0.3) is 5.91 Å². The van der Waals surface area contributed by atoms with E-state index < -0.39 is 27.0 Å². The molecule has 2 aromatic rings. The number of amides is 1. The Bertz CT molecular complexity index is 982. The van der Waals surface area contributed by atoms with E-state index in [1.807, 2.05) is 0 Å². The minimum Gasteiger partial charge on any atom is -0.392 e. The van der Waals surface area contributed by atoms with E-state index in [1.54, 1.807) is 0 Å². The third-order valence-electron chi connectivity index (χ3n) is 3.80. The smallest absolute Gasteiger partial charge is 0.280 e. The monoisotopic (exact) mass is 427 g/mol. The van der Waals surface area contributed by atoms with Crippen LogP contribution in [0.25, 0.3) is 0 Å². The Balaban J connectivity index is 1.84. The molecule has 2 N–H and O–H groups in total. The van der Waals surface area contributed by atoms with Crippen molar-refractivity contribution in [3.05, 3.63) is 41.2 Å². The third-order valence-corrected chi connectivity index (χ3v) is 6.78. The van der Waals surface area contributed by atoms with Crippen molar-refractivity contribution in [2.45, 2.75) is 36.0 Å². The maximum absolute atomic E-state index is 13.1. The van der Waals surface area contributed by atoms with Crippen LogP contribution in [0.2, 0.25) is 0 Å². The second kappa shape index (κ2) is 8.33. The van der Waals surface area contributed by atoms with Crippen molar-refractivity contribution < 1.29 is 27.5 Å². The molecule has 11 heteroatoms. The SMILES string of the molecule is C[C@@H](O)CO/N=C(/C(=O)Nc1ncc(F)s1)c1ccc(S(=O)(=O)C2CC2)cc1. The first-order valence-electron chi connectivity index (χ1n) is 8.42. The molecular formula is C17H18FN3O5S2. The number of hydrogen-bond acceptors (Lipinski definition) is 8. The molecule has 1 aliphatic carbocycles. The predicted molar refractivity (Wildman–Crippen MR) is 102 cm³/mol. The Kier molecular flexibility index (Phi) is 6.06. The minimum atomic E-state index is -3.36. The highest BCUT2D eigenvalue weighted by atomic mass is 32.2. The number of thiazole rings is 1. The molecule has 150 valence electrons. The minimum absolute atomic E-state index is 0.0404. The number of nitrogens with one attached hydrogen (secondary N) is 1. The number of nitrogens with zero attached hydrogens (tertiary/aromatic N) is 2. The van der Waals surface area contributed by atoms with E-state index in [0.717, 1.165) is 6.20 Å². The zero-order valence-electron chi connectivity index (χ0n) is 14.8. The number of aliphatic hydroxyl groups is 1. The summed E-state index contributed by atoms with van der Waals surface area (Å²) >= 11 is 0.649. The Labute approximate surface area is 165 Å². The van der Waals surface area contributed by atoms with Crippen molar-refractivity contribution >= 4 is 37.9 Å². The van der Waals surface area contributed by atoms with Gasteiger partial charge < -0.3 is 9.94 Å². The molecule has 1 heterocycles. The van der Waals surface area contributed by atoms with Crippen molar-refractivity contribution in [3.63, 3.8) is 0 Å². The van der Waals surface area contributed by atoms with Crippen LogP contribution in [0.15, 0.2) is 40.5 Å². The van der Waals surface area contributed by atoms with Gasteiger partial charge in [-0.25, -0.2) is 13.4 Å². The number of benzene rings is 1. The summed E-state index contributed by atoms with van der Waals surface area (Å²) in [6.45, 7) is 1.35. The van der Waals surface area contributed by atoms with Crippen molar-refractivity contribution in [3.8, 4) is 0 Å². The fraction of sp³-hybridized carbons (Fsp3) is 0.353. The molecule has 1 saturated carbocycles. The fourth-order valence-corrected chi connectivity index (χ4v) is 4.47. The molecule has 1 aromatic heterocycles.